The molecule has 2 atom stereocenters. The van der Waals surface area contributed by atoms with E-state index in [1.165, 1.54) is 10.1 Å². The van der Waals surface area contributed by atoms with Gasteiger partial charge in [-0.1, -0.05) is 18.2 Å². The quantitative estimate of drug-likeness (QED) is 0.947. The monoisotopic (exact) mass is 302 g/mol. The average Bonchev–Trinajstić information content (AvgIpc) is 3.03. The lowest BCUT2D eigenvalue weighted by Gasteiger charge is -2.21. The maximum Gasteiger partial charge on any atom is 0.243 e. The van der Waals surface area contributed by atoms with Gasteiger partial charge in [-0.2, -0.15) is 0 Å². The van der Waals surface area contributed by atoms with Gasteiger partial charge >= 0.3 is 0 Å². The molecule has 0 bridgehead atoms. The van der Waals surface area contributed by atoms with Crippen molar-refractivity contribution >= 4 is 33.2 Å². The molecule has 1 N–H and O–H groups in total. The van der Waals surface area contributed by atoms with Crippen molar-refractivity contribution in [2.75, 3.05) is 7.05 Å². The van der Waals surface area contributed by atoms with E-state index in [4.69, 9.17) is 0 Å². The van der Waals surface area contributed by atoms with Gasteiger partial charge < -0.3 is 10.2 Å². The van der Waals surface area contributed by atoms with Crippen molar-refractivity contribution in [1.29, 1.82) is 0 Å². The van der Waals surface area contributed by atoms with Crippen LogP contribution < -0.4 is 5.32 Å². The highest BCUT2D eigenvalue weighted by Crippen LogP contribution is 2.30. The number of hydrogen-bond acceptors (Lipinski definition) is 3. The second kappa shape index (κ2) is 5.48. The molecule has 2 heterocycles. The summed E-state index contributed by atoms with van der Waals surface area (Å²) in [7, 11) is 1.70. The van der Waals surface area contributed by atoms with Crippen LogP contribution in [0.15, 0.2) is 30.3 Å². The van der Waals surface area contributed by atoms with Crippen LogP contribution in [0, 0.1) is 0 Å². The minimum absolute atomic E-state index is 0.0426. The molecule has 2 aromatic rings. The third-order valence-corrected chi connectivity index (χ3v) is 5.32. The highest BCUT2D eigenvalue weighted by molar-refractivity contribution is 7.19. The maximum atomic E-state index is 12.3. The number of nitrogens with one attached hydrogen (secondary N) is 1. The minimum atomic E-state index is -0.325. The molecule has 0 unspecified atom stereocenters. The fourth-order valence-corrected chi connectivity index (χ4v) is 3.77. The normalized spacial score (nSPS) is 20.0. The number of likely N-dealkylation sites (tertiary alicyclic amines) is 1. The number of fused-ring (bicyclic) bond motifs is 1. The van der Waals surface area contributed by atoms with Gasteiger partial charge in [0.15, 0.2) is 0 Å². The molecule has 1 saturated heterocycles. The summed E-state index contributed by atoms with van der Waals surface area (Å²) in [4.78, 5) is 26.5. The average molecular weight is 302 g/mol. The second-order valence-electron chi connectivity index (χ2n) is 5.48. The van der Waals surface area contributed by atoms with E-state index in [9.17, 15) is 9.59 Å². The number of amides is 2. The van der Waals surface area contributed by atoms with Crippen LogP contribution in [-0.2, 0) is 9.59 Å². The minimum Gasteiger partial charge on any atom is -0.347 e. The zero-order valence-electron chi connectivity index (χ0n) is 12.1. The molecule has 1 aliphatic rings. The first-order valence-electron chi connectivity index (χ1n) is 7.11. The first-order valence-corrected chi connectivity index (χ1v) is 7.92. The predicted octanol–water partition coefficient (Wildman–Crippen LogP) is 2.70. The van der Waals surface area contributed by atoms with Crippen molar-refractivity contribution in [2.45, 2.75) is 31.8 Å². The summed E-state index contributed by atoms with van der Waals surface area (Å²) in [6, 6.07) is 9.95. The zero-order chi connectivity index (χ0) is 15.0. The SMILES string of the molecule is C[C@H](NC(=O)[C@H]1CCC(=O)N1C)c1cc2ccccc2s1. The fourth-order valence-electron chi connectivity index (χ4n) is 2.71. The molecule has 1 aromatic heterocycles. The molecule has 21 heavy (non-hydrogen) atoms. The lowest BCUT2D eigenvalue weighted by atomic mass is 10.1. The van der Waals surface area contributed by atoms with E-state index in [1.54, 1.807) is 23.3 Å². The first-order chi connectivity index (χ1) is 10.1. The van der Waals surface area contributed by atoms with E-state index in [-0.39, 0.29) is 23.9 Å². The summed E-state index contributed by atoms with van der Waals surface area (Å²) in [5.74, 6) is -0.0158. The number of likely N-dealkylation sites (N-methyl/N-ethyl adjacent to an activating group) is 1. The Morgan fingerprint density at radius 2 is 2.19 bits per heavy atom. The molecule has 0 spiro atoms. The summed E-state index contributed by atoms with van der Waals surface area (Å²) < 4.78 is 1.22. The Hall–Kier alpha value is -1.88. The Balaban J connectivity index is 1.72. The third-order valence-electron chi connectivity index (χ3n) is 4.03. The van der Waals surface area contributed by atoms with Gasteiger partial charge in [0, 0.05) is 23.0 Å². The van der Waals surface area contributed by atoms with E-state index in [0.29, 0.717) is 12.8 Å². The zero-order valence-corrected chi connectivity index (χ0v) is 12.9. The van der Waals surface area contributed by atoms with Crippen LogP contribution in [0.25, 0.3) is 10.1 Å². The van der Waals surface area contributed by atoms with Crippen LogP contribution in [0.1, 0.15) is 30.7 Å². The van der Waals surface area contributed by atoms with E-state index < -0.39 is 0 Å². The molecule has 3 rings (SSSR count). The number of nitrogens with zero attached hydrogens (tertiary/aromatic N) is 1. The number of carbonyl (C=O) groups is 2. The fraction of sp³-hybridized carbons (Fsp3) is 0.375. The van der Waals surface area contributed by atoms with Gasteiger partial charge in [0.2, 0.25) is 11.8 Å². The summed E-state index contributed by atoms with van der Waals surface area (Å²) in [6.45, 7) is 1.99. The van der Waals surface area contributed by atoms with Gasteiger partial charge in [0.05, 0.1) is 6.04 Å². The molecule has 1 fully saturated rings. The highest BCUT2D eigenvalue weighted by Gasteiger charge is 2.33. The predicted molar refractivity (Wildman–Crippen MR) is 84.2 cm³/mol. The van der Waals surface area contributed by atoms with Crippen LogP contribution in [0.2, 0.25) is 0 Å². The molecule has 4 nitrogen and oxygen atoms in total. The summed E-state index contributed by atoms with van der Waals surface area (Å²) in [5.41, 5.74) is 0. The molecular weight excluding hydrogens is 284 g/mol. The molecule has 1 aromatic carbocycles. The molecule has 5 heteroatoms. The molecular formula is C16H18N2O2S. The number of benzene rings is 1. The van der Waals surface area contributed by atoms with Gasteiger partial charge in [-0.3, -0.25) is 9.59 Å². The summed E-state index contributed by atoms with van der Waals surface area (Å²) in [5, 5.41) is 4.23. The van der Waals surface area contributed by atoms with Crippen molar-refractivity contribution in [3.05, 3.63) is 35.2 Å². The van der Waals surface area contributed by atoms with Crippen molar-refractivity contribution in [3.8, 4) is 0 Å². The molecule has 0 aliphatic carbocycles. The number of thiophene rings is 1. The molecule has 2 amide bonds. The summed E-state index contributed by atoms with van der Waals surface area (Å²) in [6.07, 6.45) is 1.08. The van der Waals surface area contributed by atoms with Gasteiger partial charge in [-0.05, 0) is 30.9 Å². The van der Waals surface area contributed by atoms with Gasteiger partial charge in [0.25, 0.3) is 0 Å². The number of carbonyl (C=O) groups excluding carboxylic acids is 2. The Morgan fingerprint density at radius 1 is 1.43 bits per heavy atom. The molecule has 1 aliphatic heterocycles. The van der Waals surface area contributed by atoms with E-state index in [0.717, 1.165) is 4.88 Å². The van der Waals surface area contributed by atoms with E-state index >= 15 is 0 Å². The highest BCUT2D eigenvalue weighted by atomic mass is 32.1. The molecule has 110 valence electrons. The Labute approximate surface area is 127 Å². The van der Waals surface area contributed by atoms with Gasteiger partial charge in [-0.25, -0.2) is 0 Å². The largest absolute Gasteiger partial charge is 0.347 e. The van der Waals surface area contributed by atoms with Crippen molar-refractivity contribution in [1.82, 2.24) is 10.2 Å². The van der Waals surface area contributed by atoms with Crippen LogP contribution in [0.5, 0.6) is 0 Å². The molecule has 0 saturated carbocycles. The second-order valence-corrected chi connectivity index (χ2v) is 6.59. The first kappa shape index (κ1) is 14.1. The van der Waals surface area contributed by atoms with Crippen LogP contribution in [0.3, 0.4) is 0 Å². The van der Waals surface area contributed by atoms with Crippen LogP contribution in [0.4, 0.5) is 0 Å². The lowest BCUT2D eigenvalue weighted by Crippen LogP contribution is -2.43. The molecule has 0 radical (unpaired) electrons. The maximum absolute atomic E-state index is 12.3. The van der Waals surface area contributed by atoms with Gasteiger partial charge in [-0.15, -0.1) is 11.3 Å². The van der Waals surface area contributed by atoms with Crippen molar-refractivity contribution in [3.63, 3.8) is 0 Å². The van der Waals surface area contributed by atoms with Crippen LogP contribution in [-0.4, -0.2) is 29.8 Å². The third kappa shape index (κ3) is 2.65. The number of rotatable bonds is 3. The lowest BCUT2D eigenvalue weighted by molar-refractivity contribution is -0.134. The Kier molecular flexibility index (Phi) is 3.68. The van der Waals surface area contributed by atoms with Gasteiger partial charge in [0.1, 0.15) is 6.04 Å². The Bertz CT molecular complexity index is 661. The van der Waals surface area contributed by atoms with Crippen molar-refractivity contribution in [2.24, 2.45) is 0 Å². The number of hydrogen-bond donors (Lipinski definition) is 1. The topological polar surface area (TPSA) is 49.4 Å². The smallest absolute Gasteiger partial charge is 0.243 e. The standard InChI is InChI=1S/C16H18N2O2S/c1-10(14-9-11-5-3-4-6-13(11)21-14)17-16(20)12-7-8-15(19)18(12)2/h3-6,9-10,12H,7-8H2,1-2H3,(H,17,20)/t10-,12+/m0/s1. The van der Waals surface area contributed by atoms with E-state index in [2.05, 4.69) is 23.5 Å². The Morgan fingerprint density at radius 3 is 2.86 bits per heavy atom. The van der Waals surface area contributed by atoms with Crippen LogP contribution >= 0.6 is 11.3 Å². The van der Waals surface area contributed by atoms with Crippen molar-refractivity contribution < 1.29 is 9.59 Å². The van der Waals surface area contributed by atoms with E-state index in [1.807, 2.05) is 19.1 Å². The summed E-state index contributed by atoms with van der Waals surface area (Å²) >= 11 is 1.70.